The molecule has 0 radical (unpaired) electrons. The number of hydrogen-bond donors (Lipinski definition) is 1. The zero-order chi connectivity index (χ0) is 10.0. The van der Waals surface area contributed by atoms with Gasteiger partial charge in [-0.25, -0.2) is 4.79 Å². The first-order valence-corrected chi connectivity index (χ1v) is 5.48. The summed E-state index contributed by atoms with van der Waals surface area (Å²) in [6.07, 6.45) is 0. The zero-order valence-corrected chi connectivity index (χ0v) is 11.0. The number of carbonyl (C=O) groups is 1. The van der Waals surface area contributed by atoms with Gasteiger partial charge in [0.25, 0.3) is 0 Å². The lowest BCUT2D eigenvalue weighted by Crippen LogP contribution is -2.06. The van der Waals surface area contributed by atoms with Crippen LogP contribution in [0.2, 0.25) is 0 Å². The predicted octanol–water partition coefficient (Wildman–Crippen LogP) is 2.39. The third kappa shape index (κ3) is 2.46. The number of aromatic hydroxyl groups is 1. The number of carbonyl (C=O) groups excluding carboxylic acids is 1. The van der Waals surface area contributed by atoms with Crippen molar-refractivity contribution in [3.8, 4) is 5.75 Å². The topological polar surface area (TPSA) is 46.5 Å². The van der Waals surface area contributed by atoms with Crippen LogP contribution >= 0.6 is 45.2 Å². The lowest BCUT2D eigenvalue weighted by molar-refractivity contribution is 0.0598. The molecule has 0 heterocycles. The average Bonchev–Trinajstić information content (AvgIpc) is 2.02. The van der Waals surface area contributed by atoms with Crippen molar-refractivity contribution in [1.82, 2.24) is 0 Å². The van der Waals surface area contributed by atoms with E-state index >= 15 is 0 Å². The van der Waals surface area contributed by atoms with Crippen LogP contribution in [0.4, 0.5) is 0 Å². The third-order valence-electron chi connectivity index (χ3n) is 1.42. The van der Waals surface area contributed by atoms with Gasteiger partial charge in [-0.2, -0.15) is 0 Å². The third-order valence-corrected chi connectivity index (χ3v) is 3.12. The monoisotopic (exact) mass is 404 g/mol. The number of esters is 1. The van der Waals surface area contributed by atoms with Crippen LogP contribution in [0.1, 0.15) is 10.4 Å². The van der Waals surface area contributed by atoms with Gasteiger partial charge in [-0.3, -0.25) is 0 Å². The Morgan fingerprint density at radius 1 is 1.38 bits per heavy atom. The van der Waals surface area contributed by atoms with Gasteiger partial charge in [-0.1, -0.05) is 0 Å². The van der Waals surface area contributed by atoms with Gasteiger partial charge < -0.3 is 9.84 Å². The molecule has 0 unspecified atom stereocenters. The summed E-state index contributed by atoms with van der Waals surface area (Å²) in [5.41, 5.74) is 0.501. The van der Waals surface area contributed by atoms with Gasteiger partial charge >= 0.3 is 5.97 Å². The van der Waals surface area contributed by atoms with Crippen molar-refractivity contribution in [2.45, 2.75) is 0 Å². The fourth-order valence-electron chi connectivity index (χ4n) is 0.857. The van der Waals surface area contributed by atoms with Gasteiger partial charge in [0.05, 0.1) is 12.7 Å². The Hall–Kier alpha value is -0.0500. The van der Waals surface area contributed by atoms with Gasteiger partial charge in [0.1, 0.15) is 5.75 Å². The number of ether oxygens (including phenoxy) is 1. The molecule has 0 aliphatic rings. The van der Waals surface area contributed by atoms with Crippen LogP contribution < -0.4 is 0 Å². The molecule has 0 aromatic heterocycles. The molecule has 70 valence electrons. The second-order valence-electron chi connectivity index (χ2n) is 2.28. The fourth-order valence-corrected chi connectivity index (χ4v) is 3.03. The molecule has 0 aliphatic heterocycles. The Labute approximate surface area is 103 Å². The molecular formula is C8H6I2O3. The number of halogens is 2. The van der Waals surface area contributed by atoms with Crippen molar-refractivity contribution < 1.29 is 14.6 Å². The Bertz CT molecular complexity index is 326. The minimum atomic E-state index is -0.381. The zero-order valence-electron chi connectivity index (χ0n) is 6.67. The van der Waals surface area contributed by atoms with Crippen molar-refractivity contribution in [3.05, 3.63) is 24.8 Å². The molecule has 0 saturated heterocycles. The standard InChI is InChI=1S/C8H6I2O3/c1-13-8(12)7-5(9)2-4(11)3-6(7)10/h2-3,11H,1H3. The summed E-state index contributed by atoms with van der Waals surface area (Å²) >= 11 is 3.97. The summed E-state index contributed by atoms with van der Waals surface area (Å²) < 4.78 is 5.99. The van der Waals surface area contributed by atoms with Crippen LogP contribution in [0.5, 0.6) is 5.75 Å². The molecule has 1 N–H and O–H groups in total. The summed E-state index contributed by atoms with van der Waals surface area (Å²) in [5, 5.41) is 9.21. The summed E-state index contributed by atoms with van der Waals surface area (Å²) in [4.78, 5) is 11.3. The van der Waals surface area contributed by atoms with E-state index in [0.717, 1.165) is 0 Å². The molecule has 1 aromatic rings. The van der Waals surface area contributed by atoms with E-state index in [9.17, 15) is 9.90 Å². The number of rotatable bonds is 1. The van der Waals surface area contributed by atoms with Crippen molar-refractivity contribution in [3.63, 3.8) is 0 Å². The van der Waals surface area contributed by atoms with Crippen LogP contribution in [-0.4, -0.2) is 18.2 Å². The molecule has 0 atom stereocenters. The van der Waals surface area contributed by atoms with E-state index in [1.165, 1.54) is 19.2 Å². The largest absolute Gasteiger partial charge is 0.508 e. The van der Waals surface area contributed by atoms with Gasteiger partial charge in [-0.05, 0) is 57.3 Å². The molecule has 0 aliphatic carbocycles. The first-order valence-electron chi connectivity index (χ1n) is 3.32. The quantitative estimate of drug-likeness (QED) is 0.578. The van der Waals surface area contributed by atoms with Crippen molar-refractivity contribution >= 4 is 51.2 Å². The van der Waals surface area contributed by atoms with E-state index in [0.29, 0.717) is 12.7 Å². The molecule has 1 rings (SSSR count). The molecule has 1 aromatic carbocycles. The Morgan fingerprint density at radius 3 is 2.23 bits per heavy atom. The van der Waals surface area contributed by atoms with Crippen LogP contribution in [0.25, 0.3) is 0 Å². The predicted molar refractivity (Wildman–Crippen MR) is 64.9 cm³/mol. The lowest BCUT2D eigenvalue weighted by atomic mass is 10.2. The number of benzene rings is 1. The molecular weight excluding hydrogens is 398 g/mol. The van der Waals surface area contributed by atoms with E-state index < -0.39 is 0 Å². The maximum absolute atomic E-state index is 11.3. The second-order valence-corrected chi connectivity index (χ2v) is 4.60. The summed E-state index contributed by atoms with van der Waals surface area (Å²) in [6.45, 7) is 0. The van der Waals surface area contributed by atoms with Gasteiger partial charge in [0.2, 0.25) is 0 Å². The minimum absolute atomic E-state index is 0.154. The molecule has 3 nitrogen and oxygen atoms in total. The highest BCUT2D eigenvalue weighted by atomic mass is 127. The van der Waals surface area contributed by atoms with E-state index in [2.05, 4.69) is 4.74 Å². The van der Waals surface area contributed by atoms with E-state index in [4.69, 9.17) is 0 Å². The van der Waals surface area contributed by atoms with E-state index in [1.807, 2.05) is 45.2 Å². The van der Waals surface area contributed by atoms with Gasteiger partial charge in [-0.15, -0.1) is 0 Å². The normalized spacial score (nSPS) is 9.77. The summed E-state index contributed by atoms with van der Waals surface area (Å²) in [6, 6.07) is 3.05. The summed E-state index contributed by atoms with van der Waals surface area (Å²) in [7, 11) is 1.33. The molecule has 5 heteroatoms. The highest BCUT2D eigenvalue weighted by molar-refractivity contribution is 14.1. The smallest absolute Gasteiger partial charge is 0.340 e. The van der Waals surface area contributed by atoms with E-state index in [-0.39, 0.29) is 11.7 Å². The molecule has 0 amide bonds. The van der Waals surface area contributed by atoms with Crippen LogP contribution in [0.3, 0.4) is 0 Å². The highest BCUT2D eigenvalue weighted by Gasteiger charge is 2.15. The summed E-state index contributed by atoms with van der Waals surface area (Å²) in [5.74, 6) is -0.227. The average molecular weight is 404 g/mol. The van der Waals surface area contributed by atoms with Gasteiger partial charge in [0.15, 0.2) is 0 Å². The molecule has 0 fully saturated rings. The lowest BCUT2D eigenvalue weighted by Gasteiger charge is -2.05. The Kier molecular flexibility index (Phi) is 3.77. The molecule has 0 spiro atoms. The maximum Gasteiger partial charge on any atom is 0.340 e. The molecule has 0 bridgehead atoms. The van der Waals surface area contributed by atoms with E-state index in [1.54, 1.807) is 0 Å². The SMILES string of the molecule is COC(=O)c1c(I)cc(O)cc1I. The molecule has 13 heavy (non-hydrogen) atoms. The molecule has 0 saturated carbocycles. The van der Waals surface area contributed by atoms with Gasteiger partial charge in [0, 0.05) is 7.14 Å². The fraction of sp³-hybridized carbons (Fsp3) is 0.125. The van der Waals surface area contributed by atoms with Crippen molar-refractivity contribution in [2.75, 3.05) is 7.11 Å². The second kappa shape index (κ2) is 4.45. The first-order chi connectivity index (χ1) is 6.06. The van der Waals surface area contributed by atoms with Crippen molar-refractivity contribution in [2.24, 2.45) is 0 Å². The van der Waals surface area contributed by atoms with Crippen LogP contribution in [-0.2, 0) is 4.74 Å². The number of methoxy groups -OCH3 is 1. The number of phenolic OH excluding ortho intramolecular Hbond substituents is 1. The number of phenols is 1. The van der Waals surface area contributed by atoms with Crippen molar-refractivity contribution in [1.29, 1.82) is 0 Å². The Morgan fingerprint density at radius 2 is 1.85 bits per heavy atom. The minimum Gasteiger partial charge on any atom is -0.508 e. The number of hydrogen-bond acceptors (Lipinski definition) is 3. The first kappa shape index (κ1) is 11.0. The maximum atomic E-state index is 11.3. The van der Waals surface area contributed by atoms with Crippen LogP contribution in [0.15, 0.2) is 12.1 Å². The Balaban J connectivity index is 3.28. The highest BCUT2D eigenvalue weighted by Crippen LogP contribution is 2.25. The van der Waals surface area contributed by atoms with Crippen LogP contribution in [0, 0.1) is 7.14 Å².